The Labute approximate surface area is 75.0 Å². The van der Waals surface area contributed by atoms with E-state index in [9.17, 15) is 10.2 Å². The zero-order valence-corrected chi connectivity index (χ0v) is 6.87. The van der Waals surface area contributed by atoms with Gasteiger partial charge in [0.05, 0.1) is 13.2 Å². The predicted molar refractivity (Wildman–Crippen MR) is 40.3 cm³/mol. The van der Waals surface area contributed by atoms with E-state index in [-0.39, 0.29) is 6.10 Å². The zero-order chi connectivity index (χ0) is 10.0. The first-order valence-electron chi connectivity index (χ1n) is 3.90. The number of ether oxygens (including phenoxy) is 1. The molecule has 1 rings (SSSR count). The van der Waals surface area contributed by atoms with E-state index in [0.717, 1.165) is 0 Å². The van der Waals surface area contributed by atoms with Gasteiger partial charge < -0.3 is 30.3 Å². The Morgan fingerprint density at radius 3 is 2.31 bits per heavy atom. The molecule has 1 aliphatic rings. The molecule has 1 radical (unpaired) electrons. The molecule has 0 aromatic rings. The van der Waals surface area contributed by atoms with Gasteiger partial charge in [-0.1, -0.05) is 0 Å². The first-order valence-corrected chi connectivity index (χ1v) is 3.90. The molecule has 77 valence electrons. The fourth-order valence-corrected chi connectivity index (χ4v) is 1.23. The van der Waals surface area contributed by atoms with Gasteiger partial charge in [-0.25, -0.2) is 0 Å². The van der Waals surface area contributed by atoms with Gasteiger partial charge in [-0.2, -0.15) is 0 Å². The van der Waals surface area contributed by atoms with Gasteiger partial charge in [-0.3, -0.25) is 0 Å². The van der Waals surface area contributed by atoms with Gasteiger partial charge in [-0.15, -0.1) is 0 Å². The second-order valence-electron chi connectivity index (χ2n) is 2.89. The van der Waals surface area contributed by atoms with Crippen LogP contribution in [0.4, 0.5) is 0 Å². The van der Waals surface area contributed by atoms with Crippen LogP contribution in [0.2, 0.25) is 0 Å². The summed E-state index contributed by atoms with van der Waals surface area (Å²) in [6, 6.07) is 0. The quantitative estimate of drug-likeness (QED) is 0.326. The van der Waals surface area contributed by atoms with Crippen LogP contribution in [0.5, 0.6) is 0 Å². The predicted octanol–water partition coefficient (Wildman–Crippen LogP) is -3.02. The Morgan fingerprint density at radius 1 is 1.31 bits per heavy atom. The van der Waals surface area contributed by atoms with Crippen molar-refractivity contribution in [3.8, 4) is 0 Å². The van der Waals surface area contributed by atoms with Crippen LogP contribution in [0, 0.1) is 6.10 Å². The molecular weight excluding hydrogens is 180 g/mol. The summed E-state index contributed by atoms with van der Waals surface area (Å²) in [5.74, 6) is 0. The van der Waals surface area contributed by atoms with E-state index in [0.29, 0.717) is 0 Å². The van der Waals surface area contributed by atoms with Gasteiger partial charge in [0, 0.05) is 0 Å². The van der Waals surface area contributed by atoms with Crippen LogP contribution in [0.15, 0.2) is 0 Å². The second-order valence-corrected chi connectivity index (χ2v) is 2.89. The molecule has 0 bridgehead atoms. The van der Waals surface area contributed by atoms with Crippen LogP contribution in [0.1, 0.15) is 0 Å². The Bertz CT molecular complexity index is 163. The lowest BCUT2D eigenvalue weighted by molar-refractivity contribution is -0.0700. The van der Waals surface area contributed by atoms with Gasteiger partial charge in [-0.05, 0) is 0 Å². The summed E-state index contributed by atoms with van der Waals surface area (Å²) in [4.78, 5) is 0. The highest BCUT2D eigenvalue weighted by molar-refractivity contribution is 5.03. The third-order valence-electron chi connectivity index (χ3n) is 2.00. The molecular formula is C7H13O6. The van der Waals surface area contributed by atoms with Crippen molar-refractivity contribution in [3.63, 3.8) is 0 Å². The molecule has 0 saturated carbocycles. The van der Waals surface area contributed by atoms with Gasteiger partial charge >= 0.3 is 0 Å². The number of aliphatic hydroxyl groups excluding tert-OH is 5. The molecule has 1 aliphatic heterocycles. The first-order chi connectivity index (χ1) is 6.11. The minimum atomic E-state index is -1.32. The van der Waals surface area contributed by atoms with E-state index in [1.54, 1.807) is 0 Å². The van der Waals surface area contributed by atoms with Crippen molar-refractivity contribution >= 4 is 0 Å². The summed E-state index contributed by atoms with van der Waals surface area (Å²) in [5, 5.41) is 44.8. The van der Waals surface area contributed by atoms with Crippen molar-refractivity contribution in [1.82, 2.24) is 0 Å². The maximum atomic E-state index is 9.28. The first kappa shape index (κ1) is 10.8. The molecule has 1 fully saturated rings. The smallest absolute Gasteiger partial charge is 0.154 e. The van der Waals surface area contributed by atoms with Crippen molar-refractivity contribution in [2.24, 2.45) is 0 Å². The molecule has 5 N–H and O–H groups in total. The summed E-state index contributed by atoms with van der Waals surface area (Å²) in [6.45, 7) is -1.10. The van der Waals surface area contributed by atoms with E-state index in [4.69, 9.17) is 20.1 Å². The highest BCUT2D eigenvalue weighted by Gasteiger charge is 2.46. The SMILES string of the molecule is OC[C]1O[C@H]([C@H](O)CO)[C@@H](O)[C@@H]1O. The average Bonchev–Trinajstić information content (AvgIpc) is 2.43. The Kier molecular flexibility index (Phi) is 3.60. The molecule has 4 atom stereocenters. The zero-order valence-electron chi connectivity index (χ0n) is 6.87. The van der Waals surface area contributed by atoms with Crippen LogP contribution in [-0.4, -0.2) is 63.2 Å². The molecule has 0 aliphatic carbocycles. The molecule has 0 amide bonds. The molecule has 0 unspecified atom stereocenters. The maximum absolute atomic E-state index is 9.28. The molecule has 0 aromatic carbocycles. The number of hydrogen-bond donors (Lipinski definition) is 5. The highest BCUT2D eigenvalue weighted by atomic mass is 16.6. The van der Waals surface area contributed by atoms with E-state index in [1.165, 1.54) is 0 Å². The standard InChI is InChI=1S/C7H13O6/c8-1-3(10)7-6(12)5(11)4(2-9)13-7/h3,5-12H,1-2H2/t3-,5-,6+,7-/m1/s1. The second kappa shape index (κ2) is 4.32. The van der Waals surface area contributed by atoms with Crippen molar-refractivity contribution in [1.29, 1.82) is 0 Å². The van der Waals surface area contributed by atoms with Crippen LogP contribution >= 0.6 is 0 Å². The lowest BCUT2D eigenvalue weighted by Crippen LogP contribution is -2.40. The number of aliphatic hydroxyl groups is 5. The molecule has 6 nitrogen and oxygen atoms in total. The molecule has 13 heavy (non-hydrogen) atoms. The minimum absolute atomic E-state index is 0.0926. The lowest BCUT2D eigenvalue weighted by Gasteiger charge is -2.18. The van der Waals surface area contributed by atoms with Crippen LogP contribution in [0.3, 0.4) is 0 Å². The molecule has 0 aromatic heterocycles. The molecule has 1 saturated heterocycles. The summed E-state index contributed by atoms with van der Waals surface area (Å²) in [6.07, 6.45) is -5.07. The van der Waals surface area contributed by atoms with E-state index >= 15 is 0 Å². The Hall–Kier alpha value is -0.240. The maximum Gasteiger partial charge on any atom is 0.154 e. The summed E-state index contributed by atoms with van der Waals surface area (Å²) in [5.41, 5.74) is 0. The largest absolute Gasteiger partial charge is 0.394 e. The monoisotopic (exact) mass is 193 g/mol. The van der Waals surface area contributed by atoms with Crippen molar-refractivity contribution in [3.05, 3.63) is 6.10 Å². The summed E-state index contributed by atoms with van der Waals surface area (Å²) in [7, 11) is 0. The van der Waals surface area contributed by atoms with Crippen LogP contribution in [0.25, 0.3) is 0 Å². The van der Waals surface area contributed by atoms with E-state index in [2.05, 4.69) is 0 Å². The van der Waals surface area contributed by atoms with Crippen molar-refractivity contribution in [2.75, 3.05) is 13.2 Å². The topological polar surface area (TPSA) is 110 Å². The molecule has 0 spiro atoms. The molecule has 1 heterocycles. The van der Waals surface area contributed by atoms with Crippen molar-refractivity contribution < 1.29 is 30.3 Å². The highest BCUT2D eigenvalue weighted by Crippen LogP contribution is 2.28. The van der Waals surface area contributed by atoms with Gasteiger partial charge in [0.25, 0.3) is 0 Å². The third kappa shape index (κ3) is 1.98. The number of hydrogen-bond acceptors (Lipinski definition) is 6. The van der Waals surface area contributed by atoms with Crippen LogP contribution in [-0.2, 0) is 4.74 Å². The van der Waals surface area contributed by atoms with Gasteiger partial charge in [0.2, 0.25) is 0 Å². The van der Waals surface area contributed by atoms with E-state index in [1.807, 2.05) is 0 Å². The minimum Gasteiger partial charge on any atom is -0.394 e. The van der Waals surface area contributed by atoms with Crippen LogP contribution < -0.4 is 0 Å². The third-order valence-corrected chi connectivity index (χ3v) is 2.00. The Morgan fingerprint density at radius 2 is 1.92 bits per heavy atom. The normalized spacial score (nSPS) is 38.1. The summed E-state index contributed by atoms with van der Waals surface area (Å²) >= 11 is 0. The van der Waals surface area contributed by atoms with E-state index < -0.39 is 37.6 Å². The van der Waals surface area contributed by atoms with Gasteiger partial charge in [0.15, 0.2) is 6.10 Å². The fraction of sp³-hybridized carbons (Fsp3) is 0.857. The summed E-state index contributed by atoms with van der Waals surface area (Å²) < 4.78 is 4.84. The van der Waals surface area contributed by atoms with Gasteiger partial charge in [0.1, 0.15) is 24.4 Å². The lowest BCUT2D eigenvalue weighted by atomic mass is 10.0. The Balaban J connectivity index is 2.60. The number of rotatable bonds is 3. The average molecular weight is 193 g/mol. The molecule has 6 heteroatoms. The fourth-order valence-electron chi connectivity index (χ4n) is 1.23. The van der Waals surface area contributed by atoms with Crippen molar-refractivity contribution in [2.45, 2.75) is 24.4 Å².